The molecule has 1 aromatic carbocycles. The van der Waals surface area contributed by atoms with E-state index in [1.165, 1.54) is 12.1 Å². The SMILES string of the molecule is Cn1ccc(CNC(=O)c2ccc(Br)cc2F)n1. The molecular weight excluding hydrogens is 301 g/mol. The van der Waals surface area contributed by atoms with Gasteiger partial charge in [0.2, 0.25) is 0 Å². The van der Waals surface area contributed by atoms with Gasteiger partial charge < -0.3 is 5.32 Å². The summed E-state index contributed by atoms with van der Waals surface area (Å²) in [5, 5.41) is 6.73. The highest BCUT2D eigenvalue weighted by Gasteiger charge is 2.11. The summed E-state index contributed by atoms with van der Waals surface area (Å²) in [4.78, 5) is 11.8. The summed E-state index contributed by atoms with van der Waals surface area (Å²) in [5.41, 5.74) is 0.748. The van der Waals surface area contributed by atoms with Gasteiger partial charge in [-0.3, -0.25) is 9.48 Å². The molecule has 0 unspecified atom stereocenters. The molecule has 0 aliphatic carbocycles. The summed E-state index contributed by atoms with van der Waals surface area (Å²) < 4.78 is 15.8. The summed E-state index contributed by atoms with van der Waals surface area (Å²) in [6.07, 6.45) is 1.78. The molecule has 2 aromatic rings. The Morgan fingerprint density at radius 3 is 2.89 bits per heavy atom. The van der Waals surface area contributed by atoms with Crippen LogP contribution in [0.5, 0.6) is 0 Å². The van der Waals surface area contributed by atoms with E-state index in [4.69, 9.17) is 0 Å². The number of nitrogens with zero attached hydrogens (tertiary/aromatic N) is 2. The topological polar surface area (TPSA) is 46.9 Å². The van der Waals surface area contributed by atoms with Crippen LogP contribution in [0.1, 0.15) is 16.1 Å². The van der Waals surface area contributed by atoms with Crippen molar-refractivity contribution in [3.05, 3.63) is 52.0 Å². The van der Waals surface area contributed by atoms with Crippen molar-refractivity contribution in [3.8, 4) is 0 Å². The van der Waals surface area contributed by atoms with Crippen LogP contribution in [0.3, 0.4) is 0 Å². The summed E-state index contributed by atoms with van der Waals surface area (Å²) in [6, 6.07) is 6.11. The van der Waals surface area contributed by atoms with Crippen molar-refractivity contribution in [1.82, 2.24) is 15.1 Å². The summed E-state index contributed by atoms with van der Waals surface area (Å²) in [5.74, 6) is -1.01. The third kappa shape index (κ3) is 2.95. The molecule has 0 aliphatic rings. The number of aryl methyl sites for hydroxylation is 1. The van der Waals surface area contributed by atoms with Gasteiger partial charge in [0.05, 0.1) is 17.8 Å². The number of amides is 1. The van der Waals surface area contributed by atoms with E-state index in [1.54, 1.807) is 30.1 Å². The second kappa shape index (κ2) is 5.30. The molecule has 4 nitrogen and oxygen atoms in total. The molecule has 0 bridgehead atoms. The number of halogens is 2. The van der Waals surface area contributed by atoms with Gasteiger partial charge in [0.25, 0.3) is 5.91 Å². The lowest BCUT2D eigenvalue weighted by atomic mass is 10.2. The first-order valence-corrected chi connectivity index (χ1v) is 6.07. The van der Waals surface area contributed by atoms with Crippen molar-refractivity contribution in [2.45, 2.75) is 6.54 Å². The van der Waals surface area contributed by atoms with E-state index < -0.39 is 11.7 Å². The largest absolute Gasteiger partial charge is 0.346 e. The highest BCUT2D eigenvalue weighted by Crippen LogP contribution is 2.15. The van der Waals surface area contributed by atoms with Crippen LogP contribution in [0.2, 0.25) is 0 Å². The molecule has 0 aliphatic heterocycles. The van der Waals surface area contributed by atoms with Gasteiger partial charge in [0.15, 0.2) is 0 Å². The van der Waals surface area contributed by atoms with Crippen LogP contribution in [0.4, 0.5) is 4.39 Å². The van der Waals surface area contributed by atoms with Crippen LogP contribution >= 0.6 is 15.9 Å². The third-order valence-corrected chi connectivity index (χ3v) is 2.87. The molecule has 18 heavy (non-hydrogen) atoms. The number of aromatic nitrogens is 2. The predicted octanol–water partition coefficient (Wildman–Crippen LogP) is 2.25. The van der Waals surface area contributed by atoms with Gasteiger partial charge in [-0.15, -0.1) is 0 Å². The number of rotatable bonds is 3. The average Bonchev–Trinajstić information content (AvgIpc) is 2.72. The molecule has 1 amide bonds. The first kappa shape index (κ1) is 12.8. The normalized spacial score (nSPS) is 10.4. The Labute approximate surface area is 112 Å². The molecule has 0 fully saturated rings. The minimum absolute atomic E-state index is 0.0223. The van der Waals surface area contributed by atoms with Crippen molar-refractivity contribution < 1.29 is 9.18 Å². The van der Waals surface area contributed by atoms with E-state index in [2.05, 4.69) is 26.3 Å². The molecule has 1 heterocycles. The minimum atomic E-state index is -0.553. The predicted molar refractivity (Wildman–Crippen MR) is 68.5 cm³/mol. The van der Waals surface area contributed by atoms with E-state index in [9.17, 15) is 9.18 Å². The van der Waals surface area contributed by atoms with Gasteiger partial charge in [-0.2, -0.15) is 5.10 Å². The molecule has 0 spiro atoms. The molecule has 0 saturated carbocycles. The number of hydrogen-bond acceptors (Lipinski definition) is 2. The van der Waals surface area contributed by atoms with Gasteiger partial charge in [-0.1, -0.05) is 15.9 Å². The van der Waals surface area contributed by atoms with Gasteiger partial charge in [0, 0.05) is 17.7 Å². The van der Waals surface area contributed by atoms with Crippen LogP contribution in [0, 0.1) is 5.82 Å². The maximum atomic E-state index is 13.5. The third-order valence-electron chi connectivity index (χ3n) is 2.37. The number of benzene rings is 1. The maximum absolute atomic E-state index is 13.5. The number of nitrogens with one attached hydrogen (secondary N) is 1. The fourth-order valence-corrected chi connectivity index (χ4v) is 1.83. The second-order valence-corrected chi connectivity index (χ2v) is 4.70. The highest BCUT2D eigenvalue weighted by molar-refractivity contribution is 9.10. The van der Waals surface area contributed by atoms with Crippen molar-refractivity contribution in [3.63, 3.8) is 0 Å². The Hall–Kier alpha value is -1.69. The summed E-state index contributed by atoms with van der Waals surface area (Å²) >= 11 is 3.14. The zero-order chi connectivity index (χ0) is 13.1. The summed E-state index contributed by atoms with van der Waals surface area (Å²) in [7, 11) is 1.79. The molecule has 6 heteroatoms. The second-order valence-electron chi connectivity index (χ2n) is 3.79. The molecular formula is C12H11BrFN3O. The Balaban J connectivity index is 2.03. The zero-order valence-corrected chi connectivity index (χ0v) is 11.2. The first-order valence-electron chi connectivity index (χ1n) is 5.28. The number of carbonyl (C=O) groups excluding carboxylic acids is 1. The lowest BCUT2D eigenvalue weighted by molar-refractivity contribution is 0.0946. The van der Waals surface area contributed by atoms with Crippen molar-refractivity contribution >= 4 is 21.8 Å². The fourth-order valence-electron chi connectivity index (χ4n) is 1.50. The monoisotopic (exact) mass is 311 g/mol. The first-order chi connectivity index (χ1) is 8.56. The smallest absolute Gasteiger partial charge is 0.254 e. The zero-order valence-electron chi connectivity index (χ0n) is 9.65. The number of carbonyl (C=O) groups is 1. The molecule has 1 N–H and O–H groups in total. The summed E-state index contributed by atoms with van der Waals surface area (Å²) in [6.45, 7) is 0.273. The fraction of sp³-hybridized carbons (Fsp3) is 0.167. The van der Waals surface area contributed by atoms with Crippen LogP contribution in [-0.4, -0.2) is 15.7 Å². The Kier molecular flexibility index (Phi) is 3.76. The van der Waals surface area contributed by atoms with Crippen molar-refractivity contribution in [2.75, 3.05) is 0 Å². The van der Waals surface area contributed by atoms with Crippen molar-refractivity contribution in [2.24, 2.45) is 7.05 Å². The van der Waals surface area contributed by atoms with E-state index in [-0.39, 0.29) is 12.1 Å². The van der Waals surface area contributed by atoms with Crippen LogP contribution in [0.15, 0.2) is 34.9 Å². The molecule has 1 aromatic heterocycles. The average molecular weight is 312 g/mol. The lowest BCUT2D eigenvalue weighted by Gasteiger charge is -2.04. The van der Waals surface area contributed by atoms with Crippen LogP contribution in [-0.2, 0) is 13.6 Å². The Morgan fingerprint density at radius 2 is 2.28 bits per heavy atom. The van der Waals surface area contributed by atoms with E-state index in [0.717, 1.165) is 5.69 Å². The minimum Gasteiger partial charge on any atom is -0.346 e. The van der Waals surface area contributed by atoms with Crippen LogP contribution in [0.25, 0.3) is 0 Å². The molecule has 2 rings (SSSR count). The molecule has 0 atom stereocenters. The Bertz CT molecular complexity index is 582. The molecule has 94 valence electrons. The van der Waals surface area contributed by atoms with Gasteiger partial charge in [-0.25, -0.2) is 4.39 Å². The van der Waals surface area contributed by atoms with Crippen molar-refractivity contribution in [1.29, 1.82) is 0 Å². The van der Waals surface area contributed by atoms with Gasteiger partial charge in [0.1, 0.15) is 5.82 Å². The van der Waals surface area contributed by atoms with E-state index in [0.29, 0.717) is 4.47 Å². The van der Waals surface area contributed by atoms with Crippen LogP contribution < -0.4 is 5.32 Å². The maximum Gasteiger partial charge on any atom is 0.254 e. The molecule has 0 radical (unpaired) electrons. The van der Waals surface area contributed by atoms with Gasteiger partial charge in [-0.05, 0) is 24.3 Å². The molecule has 0 saturated heterocycles. The van der Waals surface area contributed by atoms with E-state index >= 15 is 0 Å². The quantitative estimate of drug-likeness (QED) is 0.945. The standard InChI is InChI=1S/C12H11BrFN3O/c1-17-5-4-9(16-17)7-15-12(18)10-3-2-8(13)6-11(10)14/h2-6H,7H2,1H3,(H,15,18). The number of hydrogen-bond donors (Lipinski definition) is 1. The highest BCUT2D eigenvalue weighted by atomic mass is 79.9. The Morgan fingerprint density at radius 1 is 1.50 bits per heavy atom. The van der Waals surface area contributed by atoms with Gasteiger partial charge >= 0.3 is 0 Å². The lowest BCUT2D eigenvalue weighted by Crippen LogP contribution is -2.24. The van der Waals surface area contributed by atoms with E-state index in [1.807, 2.05) is 0 Å².